The third-order valence-corrected chi connectivity index (χ3v) is 4.49. The summed E-state index contributed by atoms with van der Waals surface area (Å²) in [7, 11) is 3.27. The standard InChI is InChI=1S/C21H22N4O4/c1-24(2)19(27)15-9-6-10-16(12-15)22-18(26)13-25-20(28)17(23-21(25)29)11-14-7-4-3-5-8-14/h3-10,12,17H,11,13H2,1-2H3,(H,22,26)(H,23,29). The van der Waals surface area contributed by atoms with Crippen LogP contribution in [0.3, 0.4) is 0 Å². The van der Waals surface area contributed by atoms with Gasteiger partial charge in [0.15, 0.2) is 0 Å². The second kappa shape index (κ2) is 8.55. The van der Waals surface area contributed by atoms with E-state index in [1.165, 1.54) is 4.90 Å². The zero-order valence-corrected chi connectivity index (χ0v) is 16.2. The van der Waals surface area contributed by atoms with Gasteiger partial charge in [0.2, 0.25) is 5.91 Å². The summed E-state index contributed by atoms with van der Waals surface area (Å²) in [6.45, 7) is -0.401. The number of carbonyl (C=O) groups is 4. The number of hydrogen-bond donors (Lipinski definition) is 2. The second-order valence-electron chi connectivity index (χ2n) is 6.94. The summed E-state index contributed by atoms with van der Waals surface area (Å²) in [5.74, 6) is -1.16. The third-order valence-electron chi connectivity index (χ3n) is 4.49. The Bertz CT molecular complexity index is 943. The summed E-state index contributed by atoms with van der Waals surface area (Å²) in [6, 6.07) is 14.5. The Morgan fingerprint density at radius 3 is 2.48 bits per heavy atom. The molecule has 2 aromatic carbocycles. The molecular weight excluding hydrogens is 372 g/mol. The number of rotatable bonds is 6. The summed E-state index contributed by atoms with van der Waals surface area (Å²) in [5.41, 5.74) is 1.75. The summed E-state index contributed by atoms with van der Waals surface area (Å²) < 4.78 is 0. The topological polar surface area (TPSA) is 98.8 Å². The highest BCUT2D eigenvalue weighted by atomic mass is 16.2. The Labute approximate surface area is 168 Å². The molecule has 2 N–H and O–H groups in total. The quantitative estimate of drug-likeness (QED) is 0.725. The van der Waals surface area contributed by atoms with Crippen LogP contribution >= 0.6 is 0 Å². The average molecular weight is 394 g/mol. The fourth-order valence-corrected chi connectivity index (χ4v) is 3.05. The van der Waals surface area contributed by atoms with Gasteiger partial charge >= 0.3 is 6.03 Å². The molecule has 5 amide bonds. The number of nitrogens with one attached hydrogen (secondary N) is 2. The molecule has 8 heteroatoms. The predicted molar refractivity (Wildman–Crippen MR) is 107 cm³/mol. The Morgan fingerprint density at radius 2 is 1.79 bits per heavy atom. The van der Waals surface area contributed by atoms with Crippen LogP contribution in [0, 0.1) is 0 Å². The normalized spacial score (nSPS) is 15.8. The maximum atomic E-state index is 12.5. The van der Waals surface area contributed by atoms with Crippen LogP contribution in [0.1, 0.15) is 15.9 Å². The molecule has 3 rings (SSSR count). The molecule has 1 atom stereocenters. The molecule has 0 spiro atoms. The monoisotopic (exact) mass is 394 g/mol. The van der Waals surface area contributed by atoms with Crippen LogP contribution in [0.4, 0.5) is 10.5 Å². The van der Waals surface area contributed by atoms with Crippen LogP contribution in [0.15, 0.2) is 54.6 Å². The number of benzene rings is 2. The van der Waals surface area contributed by atoms with Gasteiger partial charge in [-0.3, -0.25) is 19.3 Å². The fraction of sp³-hybridized carbons (Fsp3) is 0.238. The predicted octanol–water partition coefficient (Wildman–Crippen LogP) is 1.49. The largest absolute Gasteiger partial charge is 0.345 e. The van der Waals surface area contributed by atoms with Gasteiger partial charge in [-0.05, 0) is 23.8 Å². The molecule has 29 heavy (non-hydrogen) atoms. The molecule has 150 valence electrons. The van der Waals surface area contributed by atoms with Crippen molar-refractivity contribution in [3.05, 3.63) is 65.7 Å². The van der Waals surface area contributed by atoms with Gasteiger partial charge < -0.3 is 15.5 Å². The van der Waals surface area contributed by atoms with Gasteiger partial charge in [0.1, 0.15) is 12.6 Å². The van der Waals surface area contributed by atoms with E-state index < -0.39 is 30.4 Å². The molecule has 1 heterocycles. The Hall–Kier alpha value is -3.68. The first kappa shape index (κ1) is 20.1. The van der Waals surface area contributed by atoms with Gasteiger partial charge in [-0.15, -0.1) is 0 Å². The molecule has 2 aromatic rings. The molecule has 0 radical (unpaired) electrons. The van der Waals surface area contributed by atoms with Crippen LogP contribution < -0.4 is 10.6 Å². The summed E-state index contributed by atoms with van der Waals surface area (Å²) >= 11 is 0. The van der Waals surface area contributed by atoms with E-state index in [1.807, 2.05) is 30.3 Å². The molecule has 0 bridgehead atoms. The lowest BCUT2D eigenvalue weighted by Crippen LogP contribution is -2.38. The van der Waals surface area contributed by atoms with Gasteiger partial charge in [0, 0.05) is 31.8 Å². The van der Waals surface area contributed by atoms with Crippen molar-refractivity contribution < 1.29 is 19.2 Å². The smallest absolute Gasteiger partial charge is 0.325 e. The molecule has 0 aliphatic carbocycles. The van der Waals surface area contributed by atoms with Gasteiger partial charge in [0.05, 0.1) is 0 Å². The molecule has 1 unspecified atom stereocenters. The first-order valence-corrected chi connectivity index (χ1v) is 9.12. The van der Waals surface area contributed by atoms with Crippen molar-refractivity contribution in [3.8, 4) is 0 Å². The SMILES string of the molecule is CN(C)C(=O)c1cccc(NC(=O)CN2C(=O)NC(Cc3ccccc3)C2=O)c1. The molecule has 1 aliphatic heterocycles. The molecule has 1 aliphatic rings. The number of nitrogens with zero attached hydrogens (tertiary/aromatic N) is 2. The minimum Gasteiger partial charge on any atom is -0.345 e. The van der Waals surface area contributed by atoms with Gasteiger partial charge in [-0.1, -0.05) is 36.4 Å². The maximum absolute atomic E-state index is 12.5. The Kier molecular flexibility index (Phi) is 5.92. The number of carbonyl (C=O) groups excluding carboxylic acids is 4. The molecule has 0 saturated carbocycles. The number of amides is 5. The third kappa shape index (κ3) is 4.78. The first-order chi connectivity index (χ1) is 13.8. The summed E-state index contributed by atoms with van der Waals surface area (Å²) in [6.07, 6.45) is 0.359. The number of hydrogen-bond acceptors (Lipinski definition) is 4. The molecule has 1 fully saturated rings. The van der Waals surface area contributed by atoms with E-state index in [1.54, 1.807) is 38.4 Å². The zero-order chi connectivity index (χ0) is 21.0. The molecule has 1 saturated heterocycles. The number of urea groups is 1. The first-order valence-electron chi connectivity index (χ1n) is 9.12. The van der Waals surface area contributed by atoms with E-state index in [0.717, 1.165) is 10.5 Å². The van der Waals surface area contributed by atoms with Crippen LogP contribution in [0.2, 0.25) is 0 Å². The molecule has 0 aromatic heterocycles. The highest BCUT2D eigenvalue weighted by molar-refractivity contribution is 6.08. The van der Waals surface area contributed by atoms with Crippen molar-refractivity contribution in [2.24, 2.45) is 0 Å². The Morgan fingerprint density at radius 1 is 1.07 bits per heavy atom. The van der Waals surface area contributed by atoms with Crippen LogP contribution in [-0.4, -0.2) is 60.2 Å². The average Bonchev–Trinajstić information content (AvgIpc) is 2.95. The zero-order valence-electron chi connectivity index (χ0n) is 16.2. The van der Waals surface area contributed by atoms with Gasteiger partial charge in [-0.2, -0.15) is 0 Å². The van der Waals surface area contributed by atoms with Crippen LogP contribution in [0.5, 0.6) is 0 Å². The lowest BCUT2D eigenvalue weighted by Gasteiger charge is -2.14. The minimum absolute atomic E-state index is 0.195. The Balaban J connectivity index is 1.62. The van der Waals surface area contributed by atoms with E-state index in [4.69, 9.17) is 0 Å². The van der Waals surface area contributed by atoms with Crippen molar-refractivity contribution in [2.75, 3.05) is 26.0 Å². The van der Waals surface area contributed by atoms with E-state index >= 15 is 0 Å². The lowest BCUT2D eigenvalue weighted by molar-refractivity contribution is -0.130. The molecular formula is C21H22N4O4. The van der Waals surface area contributed by atoms with Gasteiger partial charge in [-0.25, -0.2) is 4.79 Å². The number of anilines is 1. The second-order valence-corrected chi connectivity index (χ2v) is 6.94. The summed E-state index contributed by atoms with van der Waals surface area (Å²) in [4.78, 5) is 51.4. The highest BCUT2D eigenvalue weighted by Gasteiger charge is 2.38. The van der Waals surface area contributed by atoms with E-state index in [2.05, 4.69) is 10.6 Å². The van der Waals surface area contributed by atoms with Crippen molar-refractivity contribution >= 4 is 29.4 Å². The van der Waals surface area contributed by atoms with Crippen LogP contribution in [-0.2, 0) is 16.0 Å². The fourth-order valence-electron chi connectivity index (χ4n) is 3.05. The highest BCUT2D eigenvalue weighted by Crippen LogP contribution is 2.14. The van der Waals surface area contributed by atoms with E-state index in [-0.39, 0.29) is 5.91 Å². The van der Waals surface area contributed by atoms with Crippen molar-refractivity contribution in [1.29, 1.82) is 0 Å². The van der Waals surface area contributed by atoms with Gasteiger partial charge in [0.25, 0.3) is 11.8 Å². The van der Waals surface area contributed by atoms with E-state index in [9.17, 15) is 19.2 Å². The van der Waals surface area contributed by atoms with Crippen molar-refractivity contribution in [3.63, 3.8) is 0 Å². The minimum atomic E-state index is -0.696. The number of imide groups is 1. The lowest BCUT2D eigenvalue weighted by atomic mass is 10.1. The molecule has 8 nitrogen and oxygen atoms in total. The van der Waals surface area contributed by atoms with Crippen molar-refractivity contribution in [2.45, 2.75) is 12.5 Å². The van der Waals surface area contributed by atoms with Crippen molar-refractivity contribution in [1.82, 2.24) is 15.1 Å². The summed E-state index contributed by atoms with van der Waals surface area (Å²) in [5, 5.41) is 5.24. The van der Waals surface area contributed by atoms with Crippen LogP contribution in [0.25, 0.3) is 0 Å². The van der Waals surface area contributed by atoms with E-state index in [0.29, 0.717) is 17.7 Å². The maximum Gasteiger partial charge on any atom is 0.325 e.